The van der Waals surface area contributed by atoms with E-state index in [2.05, 4.69) is 24.1 Å². The molecule has 0 saturated carbocycles. The van der Waals surface area contributed by atoms with E-state index in [9.17, 15) is 4.39 Å². The van der Waals surface area contributed by atoms with E-state index in [0.717, 1.165) is 42.6 Å². The van der Waals surface area contributed by atoms with Crippen LogP contribution >= 0.6 is 0 Å². The van der Waals surface area contributed by atoms with E-state index >= 15 is 0 Å². The van der Waals surface area contributed by atoms with Gasteiger partial charge in [-0.2, -0.15) is 0 Å². The van der Waals surface area contributed by atoms with Crippen molar-refractivity contribution in [2.75, 3.05) is 7.11 Å². The summed E-state index contributed by atoms with van der Waals surface area (Å²) in [7, 11) is 1.67. The van der Waals surface area contributed by atoms with Crippen LogP contribution in [0.15, 0.2) is 42.5 Å². The molecule has 1 unspecified atom stereocenters. The lowest BCUT2D eigenvalue weighted by Gasteiger charge is -2.23. The maximum Gasteiger partial charge on any atom is 0.166 e. The van der Waals surface area contributed by atoms with Gasteiger partial charge in [-0.25, -0.2) is 4.39 Å². The lowest BCUT2D eigenvalue weighted by atomic mass is 9.94. The van der Waals surface area contributed by atoms with Crippen LogP contribution in [0.4, 0.5) is 4.39 Å². The first kappa shape index (κ1) is 18.1. The number of benzene rings is 2. The molecule has 0 aromatic heterocycles. The molecule has 134 valence electrons. The smallest absolute Gasteiger partial charge is 0.166 e. The molecule has 0 bridgehead atoms. The maximum atomic E-state index is 14.4. The Morgan fingerprint density at radius 2 is 1.92 bits per heavy atom. The van der Waals surface area contributed by atoms with Crippen molar-refractivity contribution in [2.24, 2.45) is 0 Å². The summed E-state index contributed by atoms with van der Waals surface area (Å²) in [4.78, 5) is 0. The van der Waals surface area contributed by atoms with Gasteiger partial charge in [0.15, 0.2) is 11.6 Å². The van der Waals surface area contributed by atoms with Gasteiger partial charge in [-0.15, -0.1) is 6.42 Å². The fraction of sp³-hybridized carbons (Fsp3) is 0.304. The minimum Gasteiger partial charge on any atom is -0.496 e. The topological polar surface area (TPSA) is 18.5 Å². The van der Waals surface area contributed by atoms with Crippen LogP contribution in [0.1, 0.15) is 47.6 Å². The van der Waals surface area contributed by atoms with E-state index in [4.69, 9.17) is 15.9 Å². The Labute approximate surface area is 154 Å². The molecule has 1 atom stereocenters. The minimum atomic E-state index is -0.434. The zero-order chi connectivity index (χ0) is 18.5. The lowest BCUT2D eigenvalue weighted by Crippen LogP contribution is -2.12. The van der Waals surface area contributed by atoms with Gasteiger partial charge in [-0.3, -0.25) is 0 Å². The van der Waals surface area contributed by atoms with Gasteiger partial charge in [-0.05, 0) is 73.6 Å². The van der Waals surface area contributed by atoms with E-state index in [1.165, 1.54) is 11.6 Å². The average molecular weight is 350 g/mol. The van der Waals surface area contributed by atoms with E-state index in [0.29, 0.717) is 5.56 Å². The van der Waals surface area contributed by atoms with Crippen LogP contribution in [0.3, 0.4) is 0 Å². The molecular weight excluding hydrogens is 327 g/mol. The lowest BCUT2D eigenvalue weighted by molar-refractivity contribution is 0.186. The van der Waals surface area contributed by atoms with Crippen molar-refractivity contribution < 1.29 is 13.9 Å². The van der Waals surface area contributed by atoms with Crippen LogP contribution in [-0.4, -0.2) is 7.11 Å². The third kappa shape index (κ3) is 3.91. The summed E-state index contributed by atoms with van der Waals surface area (Å²) in [6.45, 7) is 2.04. The van der Waals surface area contributed by atoms with Crippen LogP contribution in [0.5, 0.6) is 11.5 Å². The molecule has 26 heavy (non-hydrogen) atoms. The molecule has 0 heterocycles. The predicted octanol–water partition coefficient (Wildman–Crippen LogP) is 5.53. The Balaban J connectivity index is 2.00. The highest BCUT2D eigenvalue weighted by Gasteiger charge is 2.21. The Kier molecular flexibility index (Phi) is 5.63. The van der Waals surface area contributed by atoms with Crippen LogP contribution in [-0.2, 0) is 6.42 Å². The number of allylic oxidation sites excluding steroid dienone is 2. The zero-order valence-corrected chi connectivity index (χ0v) is 15.2. The molecule has 0 fully saturated rings. The number of halogens is 1. The number of hydrogen-bond donors (Lipinski definition) is 0. The second-order valence-electron chi connectivity index (χ2n) is 6.50. The van der Waals surface area contributed by atoms with Gasteiger partial charge in [0.25, 0.3) is 0 Å². The SMILES string of the molecule is C#Cc1ccc(OC2CC/C=C/CCc3cc(C)c(OC)cc32)c(F)c1. The zero-order valence-electron chi connectivity index (χ0n) is 15.2. The van der Waals surface area contributed by atoms with E-state index < -0.39 is 5.82 Å². The molecule has 0 N–H and O–H groups in total. The number of fused-ring (bicyclic) bond motifs is 1. The summed E-state index contributed by atoms with van der Waals surface area (Å²) in [5.74, 6) is 3.06. The van der Waals surface area contributed by atoms with Gasteiger partial charge in [-0.1, -0.05) is 24.1 Å². The number of ether oxygens (including phenoxy) is 2. The fourth-order valence-electron chi connectivity index (χ4n) is 3.34. The summed E-state index contributed by atoms with van der Waals surface area (Å²) in [6, 6.07) is 8.83. The van der Waals surface area contributed by atoms with E-state index in [1.54, 1.807) is 19.2 Å². The number of terminal acetylenes is 1. The Morgan fingerprint density at radius 1 is 1.12 bits per heavy atom. The van der Waals surface area contributed by atoms with Crippen LogP contribution < -0.4 is 9.47 Å². The second-order valence-corrected chi connectivity index (χ2v) is 6.50. The first-order chi connectivity index (χ1) is 12.6. The van der Waals surface area contributed by atoms with Crippen molar-refractivity contribution in [1.29, 1.82) is 0 Å². The summed E-state index contributed by atoms with van der Waals surface area (Å²) in [5, 5.41) is 0. The molecule has 0 saturated heterocycles. The van der Waals surface area contributed by atoms with Crippen LogP contribution in [0, 0.1) is 25.1 Å². The van der Waals surface area contributed by atoms with Crippen LogP contribution in [0.2, 0.25) is 0 Å². The first-order valence-corrected chi connectivity index (χ1v) is 8.87. The number of rotatable bonds is 3. The third-order valence-electron chi connectivity index (χ3n) is 4.71. The molecular formula is C23H23FO2. The van der Waals surface area contributed by atoms with Crippen molar-refractivity contribution in [3.05, 3.63) is 70.6 Å². The highest BCUT2D eigenvalue weighted by Crippen LogP contribution is 2.35. The van der Waals surface area contributed by atoms with Crippen LogP contribution in [0.25, 0.3) is 0 Å². The molecule has 0 radical (unpaired) electrons. The maximum absolute atomic E-state index is 14.4. The van der Waals surface area contributed by atoms with Gasteiger partial charge in [0.05, 0.1) is 7.11 Å². The van der Waals surface area contributed by atoms with Gasteiger partial charge in [0, 0.05) is 5.56 Å². The van der Waals surface area contributed by atoms with Crippen molar-refractivity contribution >= 4 is 0 Å². The largest absolute Gasteiger partial charge is 0.496 e. The normalized spacial score (nSPS) is 17.8. The number of methoxy groups -OCH3 is 1. The van der Waals surface area contributed by atoms with Crippen molar-refractivity contribution in [1.82, 2.24) is 0 Å². The monoisotopic (exact) mass is 350 g/mol. The predicted molar refractivity (Wildman–Crippen MR) is 102 cm³/mol. The highest BCUT2D eigenvalue weighted by atomic mass is 19.1. The second kappa shape index (κ2) is 8.10. The average Bonchev–Trinajstić information content (AvgIpc) is 2.73. The first-order valence-electron chi connectivity index (χ1n) is 8.87. The minimum absolute atomic E-state index is 0.225. The molecule has 1 aliphatic carbocycles. The molecule has 0 amide bonds. The van der Waals surface area contributed by atoms with Gasteiger partial charge in [0.1, 0.15) is 11.9 Å². The van der Waals surface area contributed by atoms with E-state index in [1.807, 2.05) is 13.0 Å². The number of aryl methyl sites for hydroxylation is 2. The summed E-state index contributed by atoms with van der Waals surface area (Å²) in [6.07, 6.45) is 13.0. The van der Waals surface area contributed by atoms with E-state index in [-0.39, 0.29) is 11.9 Å². The summed E-state index contributed by atoms with van der Waals surface area (Å²) < 4.78 is 26.0. The summed E-state index contributed by atoms with van der Waals surface area (Å²) >= 11 is 0. The molecule has 3 rings (SSSR count). The van der Waals surface area contributed by atoms with Crippen molar-refractivity contribution in [2.45, 2.75) is 38.7 Å². The molecule has 1 aliphatic rings. The highest BCUT2D eigenvalue weighted by molar-refractivity contribution is 5.44. The fourth-order valence-corrected chi connectivity index (χ4v) is 3.34. The quantitative estimate of drug-likeness (QED) is 0.535. The summed E-state index contributed by atoms with van der Waals surface area (Å²) in [5.41, 5.74) is 3.89. The third-order valence-corrected chi connectivity index (χ3v) is 4.71. The van der Waals surface area contributed by atoms with Gasteiger partial charge < -0.3 is 9.47 Å². The number of hydrogen-bond acceptors (Lipinski definition) is 2. The molecule has 0 aliphatic heterocycles. The Morgan fingerprint density at radius 3 is 2.65 bits per heavy atom. The Bertz CT molecular complexity index is 861. The Hall–Kier alpha value is -2.73. The van der Waals surface area contributed by atoms with Crippen molar-refractivity contribution in [3.8, 4) is 23.8 Å². The molecule has 0 spiro atoms. The standard InChI is InChI=1S/C23H23FO2/c1-4-17-11-12-22(20(24)14-17)26-21-10-8-6-5-7-9-18-13-16(2)23(25-3)15-19(18)21/h1,5-6,11-15,21H,7-10H2,2-3H3/b6-5+. The molecule has 2 aromatic carbocycles. The van der Waals surface area contributed by atoms with Gasteiger partial charge in [0.2, 0.25) is 0 Å². The van der Waals surface area contributed by atoms with Gasteiger partial charge >= 0.3 is 0 Å². The molecule has 2 aromatic rings. The molecule has 3 heteroatoms. The van der Waals surface area contributed by atoms with Crippen molar-refractivity contribution in [3.63, 3.8) is 0 Å². The molecule has 2 nitrogen and oxygen atoms in total.